The van der Waals surface area contributed by atoms with Gasteiger partial charge < -0.3 is 0 Å². The summed E-state index contributed by atoms with van der Waals surface area (Å²) in [6, 6.07) is 8.62. The second kappa shape index (κ2) is 7.51. The summed E-state index contributed by atoms with van der Waals surface area (Å²) in [5, 5.41) is 0. The first-order valence-electron chi connectivity index (χ1n) is 6.64. The number of nitrogens with one attached hydrogen (secondary N) is 1. The predicted molar refractivity (Wildman–Crippen MR) is 82.3 cm³/mol. The van der Waals surface area contributed by atoms with Gasteiger partial charge in [0.05, 0.1) is 18.0 Å². The molecule has 1 rings (SSSR count). The van der Waals surface area contributed by atoms with Crippen LogP contribution in [0, 0.1) is 0 Å². The summed E-state index contributed by atoms with van der Waals surface area (Å²) >= 11 is 0. The number of hydrogen-bond acceptors (Lipinski definition) is 5. The number of benzene rings is 1. The molecule has 1 N–H and O–H groups in total. The van der Waals surface area contributed by atoms with Crippen molar-refractivity contribution in [3.8, 4) is 0 Å². The van der Waals surface area contributed by atoms with E-state index < -0.39 is 30.0 Å². The van der Waals surface area contributed by atoms with Crippen LogP contribution >= 0.6 is 7.75 Å². The highest BCUT2D eigenvalue weighted by Crippen LogP contribution is 2.47. The lowest BCUT2D eigenvalue weighted by Gasteiger charge is -2.22. The van der Waals surface area contributed by atoms with Crippen molar-refractivity contribution in [2.24, 2.45) is 0 Å². The molecule has 0 aliphatic rings. The average Bonchev–Trinajstić information content (AvgIpc) is 2.24. The molecule has 0 fully saturated rings. The largest absolute Gasteiger partial charge is 0.419 e. The van der Waals surface area contributed by atoms with Crippen LogP contribution in [0.1, 0.15) is 33.3 Å². The zero-order valence-corrected chi connectivity index (χ0v) is 14.4. The quantitative estimate of drug-likeness (QED) is 0.738. The molecule has 120 valence electrons. The minimum atomic E-state index is -3.93. The lowest BCUT2D eigenvalue weighted by atomic mass is 10.2. The molecule has 0 spiro atoms. The normalized spacial score (nSPS) is 13.0. The van der Waals surface area contributed by atoms with E-state index in [-0.39, 0.29) is 5.75 Å². The predicted octanol–water partition coefficient (Wildman–Crippen LogP) is 3.06. The van der Waals surface area contributed by atoms with Crippen molar-refractivity contribution in [3.05, 3.63) is 35.9 Å². The highest BCUT2D eigenvalue weighted by molar-refractivity contribution is 7.94. The van der Waals surface area contributed by atoms with E-state index in [1.807, 2.05) is 0 Å². The number of sulfonamides is 1. The van der Waals surface area contributed by atoms with E-state index in [0.29, 0.717) is 5.56 Å². The van der Waals surface area contributed by atoms with Gasteiger partial charge in [0.1, 0.15) is 0 Å². The first-order chi connectivity index (χ1) is 9.62. The summed E-state index contributed by atoms with van der Waals surface area (Å²) in [7, 11) is -7.77. The molecule has 0 aliphatic heterocycles. The number of rotatable bonds is 8. The molecule has 8 heteroatoms. The third-order valence-corrected chi connectivity index (χ3v) is 6.27. The maximum atomic E-state index is 12.5. The van der Waals surface area contributed by atoms with Gasteiger partial charge in [-0.1, -0.05) is 30.3 Å². The van der Waals surface area contributed by atoms with Gasteiger partial charge in [-0.3, -0.25) is 9.05 Å². The van der Waals surface area contributed by atoms with Crippen molar-refractivity contribution in [1.82, 2.24) is 4.49 Å². The van der Waals surface area contributed by atoms with Gasteiger partial charge in [-0.05, 0) is 33.3 Å². The van der Waals surface area contributed by atoms with Gasteiger partial charge in [-0.25, -0.2) is 13.0 Å². The third-order valence-electron chi connectivity index (χ3n) is 2.15. The Bertz CT molecular complexity index is 572. The lowest BCUT2D eigenvalue weighted by molar-refractivity contribution is 0.140. The van der Waals surface area contributed by atoms with Crippen molar-refractivity contribution >= 4 is 17.8 Å². The Morgan fingerprint density at radius 1 is 1.05 bits per heavy atom. The average molecular weight is 335 g/mol. The molecule has 0 saturated carbocycles. The fourth-order valence-corrected chi connectivity index (χ4v) is 5.38. The number of hydrogen-bond donors (Lipinski definition) is 1. The van der Waals surface area contributed by atoms with E-state index in [4.69, 9.17) is 9.05 Å². The maximum Gasteiger partial charge on any atom is 0.419 e. The molecule has 0 amide bonds. The second-order valence-electron chi connectivity index (χ2n) is 5.14. The molecule has 0 unspecified atom stereocenters. The molecular weight excluding hydrogens is 313 g/mol. The Balaban J connectivity index is 2.88. The minimum absolute atomic E-state index is 0.291. The smallest absolute Gasteiger partial charge is 0.293 e. The van der Waals surface area contributed by atoms with Crippen molar-refractivity contribution in [3.63, 3.8) is 0 Å². The second-order valence-corrected chi connectivity index (χ2v) is 8.81. The Labute approximate surface area is 126 Å². The van der Waals surface area contributed by atoms with E-state index in [2.05, 4.69) is 4.49 Å². The summed E-state index contributed by atoms with van der Waals surface area (Å²) in [6.45, 7) is 6.62. The molecule has 0 heterocycles. The van der Waals surface area contributed by atoms with Crippen molar-refractivity contribution in [2.75, 3.05) is 0 Å². The molecular formula is C13H22NO5PS. The molecule has 1 aromatic carbocycles. The monoisotopic (exact) mass is 335 g/mol. The van der Waals surface area contributed by atoms with Crippen molar-refractivity contribution in [1.29, 1.82) is 0 Å². The van der Waals surface area contributed by atoms with Crippen LogP contribution in [0.15, 0.2) is 30.3 Å². The van der Waals surface area contributed by atoms with E-state index in [0.717, 1.165) is 0 Å². The van der Waals surface area contributed by atoms with E-state index in [1.54, 1.807) is 58.0 Å². The highest BCUT2D eigenvalue weighted by atomic mass is 32.2. The van der Waals surface area contributed by atoms with E-state index >= 15 is 0 Å². The molecule has 0 radical (unpaired) electrons. The first-order valence-corrected chi connectivity index (χ1v) is 9.84. The zero-order chi connectivity index (χ0) is 16.1. The van der Waals surface area contributed by atoms with Crippen LogP contribution in [0.5, 0.6) is 0 Å². The van der Waals surface area contributed by atoms with Crippen LogP contribution < -0.4 is 4.49 Å². The third kappa shape index (κ3) is 7.20. The molecule has 6 nitrogen and oxygen atoms in total. The van der Waals surface area contributed by atoms with Crippen LogP contribution in [-0.2, 0) is 29.4 Å². The summed E-state index contributed by atoms with van der Waals surface area (Å²) in [5.41, 5.74) is 0.589. The van der Waals surface area contributed by atoms with Gasteiger partial charge in [-0.2, -0.15) is 0 Å². The van der Waals surface area contributed by atoms with Crippen LogP contribution in [0.2, 0.25) is 0 Å². The van der Waals surface area contributed by atoms with E-state index in [9.17, 15) is 13.0 Å². The molecule has 21 heavy (non-hydrogen) atoms. The molecule has 0 atom stereocenters. The molecule has 0 saturated heterocycles. The maximum absolute atomic E-state index is 12.5. The van der Waals surface area contributed by atoms with Crippen LogP contribution in [0.25, 0.3) is 0 Å². The van der Waals surface area contributed by atoms with Gasteiger partial charge in [0, 0.05) is 0 Å². The van der Waals surface area contributed by atoms with Crippen molar-refractivity contribution < 1.29 is 22.0 Å². The molecule has 1 aromatic rings. The molecule has 0 aliphatic carbocycles. The Morgan fingerprint density at radius 3 is 1.95 bits per heavy atom. The topological polar surface area (TPSA) is 81.7 Å². The summed E-state index contributed by atoms with van der Waals surface area (Å²) < 4.78 is 49.2. The van der Waals surface area contributed by atoms with Crippen molar-refractivity contribution in [2.45, 2.75) is 45.7 Å². The fraction of sp³-hybridized carbons (Fsp3) is 0.538. The highest BCUT2D eigenvalue weighted by Gasteiger charge is 2.33. The Hall–Kier alpha value is -0.720. The summed E-state index contributed by atoms with van der Waals surface area (Å²) in [5.74, 6) is -0.291. The summed E-state index contributed by atoms with van der Waals surface area (Å²) in [6.07, 6.45) is -0.872. The van der Waals surface area contributed by atoms with Crippen LogP contribution in [0.4, 0.5) is 0 Å². The van der Waals surface area contributed by atoms with Crippen LogP contribution in [0.3, 0.4) is 0 Å². The lowest BCUT2D eigenvalue weighted by Crippen LogP contribution is -2.27. The van der Waals surface area contributed by atoms with Gasteiger partial charge in [0.2, 0.25) is 10.0 Å². The van der Waals surface area contributed by atoms with Gasteiger partial charge >= 0.3 is 7.75 Å². The van der Waals surface area contributed by atoms with Crippen LogP contribution in [-0.4, -0.2) is 20.6 Å². The zero-order valence-electron chi connectivity index (χ0n) is 12.6. The van der Waals surface area contributed by atoms with Gasteiger partial charge in [0.25, 0.3) is 0 Å². The Morgan fingerprint density at radius 2 is 1.52 bits per heavy atom. The SMILES string of the molecule is CC(C)OP(=O)(NS(=O)(=O)Cc1ccccc1)OC(C)C. The molecule has 0 aromatic heterocycles. The Kier molecular flexibility index (Phi) is 6.56. The van der Waals surface area contributed by atoms with Gasteiger partial charge in [-0.15, -0.1) is 4.49 Å². The van der Waals surface area contributed by atoms with E-state index in [1.165, 1.54) is 0 Å². The fourth-order valence-electron chi connectivity index (χ4n) is 1.62. The molecule has 0 bridgehead atoms. The summed E-state index contributed by atoms with van der Waals surface area (Å²) in [4.78, 5) is 0. The standard InChI is InChI=1S/C13H22NO5PS/c1-11(2)18-20(15,19-12(3)4)14-21(16,17)10-13-8-6-5-7-9-13/h5-9,11-12H,10H2,1-4H3,(H,14,15). The van der Waals surface area contributed by atoms with Gasteiger partial charge in [0.15, 0.2) is 0 Å². The first kappa shape index (κ1) is 18.3. The minimum Gasteiger partial charge on any atom is -0.293 e.